The molecule has 0 aromatic heterocycles. The van der Waals surface area contributed by atoms with Gasteiger partial charge in [-0.3, -0.25) is 0 Å². The third-order valence-corrected chi connectivity index (χ3v) is 3.96. The molecule has 0 aliphatic carbocycles. The van der Waals surface area contributed by atoms with Gasteiger partial charge >= 0.3 is 6.18 Å². The topological polar surface area (TPSA) is 20.2 Å². The van der Waals surface area contributed by atoms with Crippen LogP contribution in [0, 0.1) is 0 Å². The molecule has 2 atom stereocenters. The summed E-state index contributed by atoms with van der Waals surface area (Å²) >= 11 is 3.31. The zero-order valence-electron chi connectivity index (χ0n) is 11.5. The van der Waals surface area contributed by atoms with Gasteiger partial charge in [0.15, 0.2) is 0 Å². The first-order valence-corrected chi connectivity index (χ1v) is 7.35. The predicted molar refractivity (Wildman–Crippen MR) is 83.5 cm³/mol. The summed E-state index contributed by atoms with van der Waals surface area (Å²) in [4.78, 5) is 0. The molecule has 0 spiro atoms. The third-order valence-electron chi connectivity index (χ3n) is 3.43. The van der Waals surface area contributed by atoms with E-state index in [0.29, 0.717) is 11.1 Å². The highest BCUT2D eigenvalue weighted by Crippen LogP contribution is 2.35. The molecule has 0 heterocycles. The Kier molecular flexibility index (Phi) is 5.08. The number of aliphatic hydroxyl groups is 1. The number of aliphatic hydroxyl groups excluding tert-OH is 1. The third kappa shape index (κ3) is 3.78. The van der Waals surface area contributed by atoms with E-state index in [1.165, 1.54) is 18.2 Å². The molecule has 0 saturated carbocycles. The highest BCUT2D eigenvalue weighted by Gasteiger charge is 2.30. The van der Waals surface area contributed by atoms with Crippen LogP contribution in [0.1, 0.15) is 28.7 Å². The minimum Gasteiger partial charge on any atom is -0.387 e. The normalized spacial score (nSPS) is 14.4. The van der Waals surface area contributed by atoms with Crippen LogP contribution in [0.25, 0.3) is 0 Å². The van der Waals surface area contributed by atoms with Crippen molar-refractivity contribution in [3.8, 4) is 0 Å². The first-order valence-electron chi connectivity index (χ1n) is 6.56. The van der Waals surface area contributed by atoms with Crippen LogP contribution >= 0.6 is 15.9 Å². The van der Waals surface area contributed by atoms with E-state index in [9.17, 15) is 18.3 Å². The first-order chi connectivity index (χ1) is 10.3. The quantitative estimate of drug-likeness (QED) is 0.707. The highest BCUT2D eigenvalue weighted by atomic mass is 79.9. The van der Waals surface area contributed by atoms with Gasteiger partial charge in [0, 0.05) is 10.4 Å². The van der Waals surface area contributed by atoms with Gasteiger partial charge in [-0.1, -0.05) is 46.3 Å². The highest BCUT2D eigenvalue weighted by molar-refractivity contribution is 9.10. The fourth-order valence-electron chi connectivity index (χ4n) is 2.21. The van der Waals surface area contributed by atoms with Gasteiger partial charge in [0.05, 0.1) is 11.7 Å². The van der Waals surface area contributed by atoms with Gasteiger partial charge in [-0.2, -0.15) is 13.2 Å². The molecule has 1 nitrogen and oxygen atoms in total. The second-order valence-electron chi connectivity index (χ2n) is 4.88. The van der Waals surface area contributed by atoms with Crippen LogP contribution in [0.2, 0.25) is 0 Å². The average Bonchev–Trinajstić information content (AvgIpc) is 2.48. The first kappa shape index (κ1) is 16.8. The molecule has 0 radical (unpaired) electrons. The largest absolute Gasteiger partial charge is 0.416 e. The lowest BCUT2D eigenvalue weighted by Crippen LogP contribution is -2.10. The van der Waals surface area contributed by atoms with Crippen LogP contribution in [-0.2, 0) is 6.18 Å². The zero-order valence-corrected chi connectivity index (χ0v) is 13.1. The van der Waals surface area contributed by atoms with Crippen molar-refractivity contribution in [3.63, 3.8) is 0 Å². The SMILES string of the molecule is C=CC(c1ccc(C(F)(F)F)cc1)C(O)c1ccc(Br)cc1. The molecule has 0 amide bonds. The minimum absolute atomic E-state index is 0.483. The Morgan fingerprint density at radius 2 is 1.45 bits per heavy atom. The van der Waals surface area contributed by atoms with Crippen molar-refractivity contribution in [2.75, 3.05) is 0 Å². The van der Waals surface area contributed by atoms with Gasteiger partial charge in [0.25, 0.3) is 0 Å². The van der Waals surface area contributed by atoms with Crippen LogP contribution in [0.3, 0.4) is 0 Å². The maximum atomic E-state index is 12.6. The molecule has 5 heteroatoms. The second-order valence-corrected chi connectivity index (χ2v) is 5.79. The van der Waals surface area contributed by atoms with E-state index in [0.717, 1.165) is 16.6 Å². The van der Waals surface area contributed by atoms with Crippen molar-refractivity contribution in [2.24, 2.45) is 0 Å². The molecular weight excluding hydrogens is 357 g/mol. The molecule has 2 aromatic carbocycles. The molecule has 0 saturated heterocycles. The van der Waals surface area contributed by atoms with E-state index in [1.54, 1.807) is 24.3 Å². The monoisotopic (exact) mass is 370 g/mol. The van der Waals surface area contributed by atoms with Gasteiger partial charge in [0.2, 0.25) is 0 Å². The van der Waals surface area contributed by atoms with Gasteiger partial charge < -0.3 is 5.11 Å². The van der Waals surface area contributed by atoms with Gasteiger partial charge in [0.1, 0.15) is 0 Å². The molecular formula is C17H14BrF3O. The van der Waals surface area contributed by atoms with Crippen LogP contribution in [0.5, 0.6) is 0 Å². The Labute approximate surface area is 135 Å². The number of halogens is 4. The molecule has 0 aliphatic heterocycles. The van der Waals surface area contributed by atoms with E-state index in [-0.39, 0.29) is 0 Å². The maximum absolute atomic E-state index is 12.6. The van der Waals surface area contributed by atoms with Gasteiger partial charge in [-0.25, -0.2) is 0 Å². The van der Waals surface area contributed by atoms with Crippen LogP contribution in [0.15, 0.2) is 65.7 Å². The number of alkyl halides is 3. The van der Waals surface area contributed by atoms with E-state index in [2.05, 4.69) is 22.5 Å². The fourth-order valence-corrected chi connectivity index (χ4v) is 2.47. The summed E-state index contributed by atoms with van der Waals surface area (Å²) in [6, 6.07) is 11.9. The summed E-state index contributed by atoms with van der Waals surface area (Å²) < 4.78 is 38.7. The lowest BCUT2D eigenvalue weighted by Gasteiger charge is -2.21. The molecule has 0 fully saturated rings. The predicted octanol–water partition coefficient (Wildman–Crippen LogP) is 5.47. The summed E-state index contributed by atoms with van der Waals surface area (Å²) in [6.45, 7) is 3.68. The average molecular weight is 371 g/mol. The molecule has 2 unspecified atom stereocenters. The Hall–Kier alpha value is -1.59. The van der Waals surface area contributed by atoms with Crippen molar-refractivity contribution in [2.45, 2.75) is 18.2 Å². The summed E-state index contributed by atoms with van der Waals surface area (Å²) in [6.07, 6.45) is -3.70. The van der Waals surface area contributed by atoms with Gasteiger partial charge in [-0.05, 0) is 35.4 Å². The van der Waals surface area contributed by atoms with Crippen LogP contribution in [-0.4, -0.2) is 5.11 Å². The molecule has 116 valence electrons. The van der Waals surface area contributed by atoms with Crippen molar-refractivity contribution in [1.82, 2.24) is 0 Å². The lowest BCUT2D eigenvalue weighted by molar-refractivity contribution is -0.137. The van der Waals surface area contributed by atoms with Crippen LogP contribution in [0.4, 0.5) is 13.2 Å². The van der Waals surface area contributed by atoms with Crippen molar-refractivity contribution in [1.29, 1.82) is 0 Å². The van der Waals surface area contributed by atoms with Crippen LogP contribution < -0.4 is 0 Å². The zero-order chi connectivity index (χ0) is 16.3. The summed E-state index contributed by atoms with van der Waals surface area (Å²) in [5, 5.41) is 10.4. The fraction of sp³-hybridized carbons (Fsp3) is 0.176. The second kappa shape index (κ2) is 6.67. The minimum atomic E-state index is -4.37. The Balaban J connectivity index is 2.27. The summed E-state index contributed by atoms with van der Waals surface area (Å²) in [5.41, 5.74) is 0.545. The van der Waals surface area contributed by atoms with E-state index >= 15 is 0 Å². The lowest BCUT2D eigenvalue weighted by atomic mass is 9.89. The maximum Gasteiger partial charge on any atom is 0.416 e. The smallest absolute Gasteiger partial charge is 0.387 e. The molecule has 0 bridgehead atoms. The Bertz CT molecular complexity index is 632. The molecule has 22 heavy (non-hydrogen) atoms. The van der Waals surface area contributed by atoms with Crippen molar-refractivity contribution < 1.29 is 18.3 Å². The summed E-state index contributed by atoms with van der Waals surface area (Å²) in [7, 11) is 0. The molecule has 1 N–H and O–H groups in total. The molecule has 2 aromatic rings. The molecule has 0 aliphatic rings. The Morgan fingerprint density at radius 3 is 1.91 bits per heavy atom. The van der Waals surface area contributed by atoms with E-state index < -0.39 is 23.8 Å². The number of hydrogen-bond donors (Lipinski definition) is 1. The molecule has 2 rings (SSSR count). The van der Waals surface area contributed by atoms with Crippen molar-refractivity contribution >= 4 is 15.9 Å². The summed E-state index contributed by atoms with van der Waals surface area (Å²) in [5.74, 6) is -0.483. The van der Waals surface area contributed by atoms with E-state index in [1.807, 2.05) is 0 Å². The number of rotatable bonds is 4. The van der Waals surface area contributed by atoms with Gasteiger partial charge in [-0.15, -0.1) is 6.58 Å². The Morgan fingerprint density at radius 1 is 0.955 bits per heavy atom. The van der Waals surface area contributed by atoms with E-state index in [4.69, 9.17) is 0 Å². The number of benzene rings is 2. The van der Waals surface area contributed by atoms with Crippen molar-refractivity contribution in [3.05, 3.63) is 82.3 Å². The standard InChI is InChI=1S/C17H14BrF3O/c1-2-15(16(22)12-5-9-14(18)10-6-12)11-3-7-13(8-4-11)17(19,20)21/h2-10,15-16,22H,1H2. The number of hydrogen-bond acceptors (Lipinski definition) is 1.